The third-order valence-electron chi connectivity index (χ3n) is 4.86. The minimum Gasteiger partial charge on any atom is -0.497 e. The van der Waals surface area contributed by atoms with Crippen molar-refractivity contribution < 1.29 is 17.9 Å². The summed E-state index contributed by atoms with van der Waals surface area (Å²) >= 11 is 0. The van der Waals surface area contributed by atoms with Crippen LogP contribution < -0.4 is 14.2 Å². The molecule has 31 heavy (non-hydrogen) atoms. The molecule has 160 valence electrons. The van der Waals surface area contributed by atoms with Crippen LogP contribution in [0.15, 0.2) is 59.6 Å². The maximum Gasteiger partial charge on any atom is 0.265 e. The first-order chi connectivity index (χ1) is 14.8. The maximum atomic E-state index is 13.2. The van der Waals surface area contributed by atoms with E-state index in [1.165, 1.54) is 14.2 Å². The molecule has 0 fully saturated rings. The first-order valence-electron chi connectivity index (χ1n) is 9.49. The zero-order valence-corrected chi connectivity index (χ0v) is 18.4. The molecule has 4 rings (SSSR count). The highest BCUT2D eigenvalue weighted by atomic mass is 32.2. The molecule has 2 aromatic carbocycles. The van der Waals surface area contributed by atoms with Gasteiger partial charge in [0.1, 0.15) is 16.4 Å². The highest BCUT2D eigenvalue weighted by Gasteiger charge is 2.22. The molecular formula is C22H22N4O4S. The molecule has 0 aliphatic heterocycles. The second-order valence-corrected chi connectivity index (χ2v) is 8.69. The van der Waals surface area contributed by atoms with Crippen molar-refractivity contribution >= 4 is 21.4 Å². The summed E-state index contributed by atoms with van der Waals surface area (Å²) in [6.45, 7) is 3.85. The number of aromatic nitrogens is 3. The van der Waals surface area contributed by atoms with Crippen LogP contribution in [-0.2, 0) is 10.0 Å². The summed E-state index contributed by atoms with van der Waals surface area (Å²) in [5.41, 5.74) is 4.23. The third kappa shape index (κ3) is 3.91. The number of methoxy groups -OCH3 is 2. The van der Waals surface area contributed by atoms with Gasteiger partial charge in [-0.15, -0.1) is 0 Å². The van der Waals surface area contributed by atoms with Gasteiger partial charge in [0.05, 0.1) is 26.1 Å². The minimum absolute atomic E-state index is 0.0130. The number of hydrogen-bond donors (Lipinski definition) is 1. The third-order valence-corrected chi connectivity index (χ3v) is 6.27. The van der Waals surface area contributed by atoms with Crippen molar-refractivity contribution in [1.82, 2.24) is 14.6 Å². The Labute approximate surface area is 180 Å². The fourth-order valence-electron chi connectivity index (χ4n) is 3.43. The van der Waals surface area contributed by atoms with Crippen LogP contribution in [0, 0.1) is 13.8 Å². The number of aryl methyl sites for hydroxylation is 2. The summed E-state index contributed by atoms with van der Waals surface area (Å²) in [5, 5.41) is 4.40. The molecular weight excluding hydrogens is 416 g/mol. The van der Waals surface area contributed by atoms with E-state index in [9.17, 15) is 8.42 Å². The second kappa shape index (κ2) is 7.92. The van der Waals surface area contributed by atoms with Gasteiger partial charge in [-0.25, -0.2) is 17.9 Å². The molecule has 2 aromatic heterocycles. The summed E-state index contributed by atoms with van der Waals surface area (Å²) in [4.78, 5) is 4.60. The SMILES string of the molecule is COc1cccc(NS(=O)(=O)c2cc(-c3cnn4c(C)cc(C)nc34)ccc2OC)c1. The van der Waals surface area contributed by atoms with E-state index >= 15 is 0 Å². The van der Waals surface area contributed by atoms with Crippen LogP contribution in [0.1, 0.15) is 11.4 Å². The first kappa shape index (κ1) is 20.7. The predicted molar refractivity (Wildman–Crippen MR) is 118 cm³/mol. The summed E-state index contributed by atoms with van der Waals surface area (Å²) in [5.74, 6) is 0.778. The molecule has 0 bridgehead atoms. The molecule has 0 aliphatic carbocycles. The van der Waals surface area contributed by atoms with Crippen molar-refractivity contribution in [2.24, 2.45) is 0 Å². The molecule has 0 saturated carbocycles. The van der Waals surface area contributed by atoms with Gasteiger partial charge in [-0.2, -0.15) is 5.10 Å². The van der Waals surface area contributed by atoms with Gasteiger partial charge < -0.3 is 9.47 Å². The second-order valence-electron chi connectivity index (χ2n) is 7.04. The lowest BCUT2D eigenvalue weighted by Crippen LogP contribution is -2.14. The molecule has 0 amide bonds. The Hall–Kier alpha value is -3.59. The Balaban J connectivity index is 1.81. The van der Waals surface area contributed by atoms with Crippen LogP contribution in [0.4, 0.5) is 5.69 Å². The van der Waals surface area contributed by atoms with Gasteiger partial charge in [0.2, 0.25) is 0 Å². The Morgan fingerprint density at radius 2 is 1.81 bits per heavy atom. The van der Waals surface area contributed by atoms with E-state index in [1.54, 1.807) is 53.2 Å². The van der Waals surface area contributed by atoms with Gasteiger partial charge in [0.15, 0.2) is 5.65 Å². The highest BCUT2D eigenvalue weighted by Crippen LogP contribution is 2.33. The average molecular weight is 439 g/mol. The molecule has 8 nitrogen and oxygen atoms in total. The number of anilines is 1. The molecule has 0 saturated heterocycles. The molecule has 2 heterocycles. The molecule has 9 heteroatoms. The van der Waals surface area contributed by atoms with E-state index in [1.807, 2.05) is 19.9 Å². The number of fused-ring (bicyclic) bond motifs is 1. The molecule has 0 radical (unpaired) electrons. The molecule has 0 spiro atoms. The van der Waals surface area contributed by atoms with Crippen LogP contribution in [-0.4, -0.2) is 37.2 Å². The highest BCUT2D eigenvalue weighted by molar-refractivity contribution is 7.92. The fraction of sp³-hybridized carbons (Fsp3) is 0.182. The van der Waals surface area contributed by atoms with Gasteiger partial charge in [0.25, 0.3) is 10.0 Å². The molecule has 0 atom stereocenters. The van der Waals surface area contributed by atoms with Crippen molar-refractivity contribution in [2.75, 3.05) is 18.9 Å². The maximum absolute atomic E-state index is 13.2. The Kier molecular flexibility index (Phi) is 5.28. The van der Waals surface area contributed by atoms with E-state index in [-0.39, 0.29) is 10.6 Å². The number of benzene rings is 2. The van der Waals surface area contributed by atoms with Gasteiger partial charge in [-0.05, 0) is 49.7 Å². The lowest BCUT2D eigenvalue weighted by Gasteiger charge is -2.13. The Bertz CT molecular complexity index is 1380. The van der Waals surface area contributed by atoms with E-state index in [0.29, 0.717) is 22.6 Å². The lowest BCUT2D eigenvalue weighted by molar-refractivity contribution is 0.403. The monoisotopic (exact) mass is 438 g/mol. The minimum atomic E-state index is -3.94. The van der Waals surface area contributed by atoms with Crippen molar-refractivity contribution in [2.45, 2.75) is 18.7 Å². The standard InChI is InChI=1S/C22H22N4O4S/c1-14-10-15(2)26-22(24-14)19(13-23-26)16-8-9-20(30-4)21(11-16)31(27,28)25-17-6-5-7-18(12-17)29-3/h5-13,25H,1-4H3. The van der Waals surface area contributed by atoms with E-state index in [2.05, 4.69) is 14.8 Å². The number of rotatable bonds is 6. The van der Waals surface area contributed by atoms with E-state index in [0.717, 1.165) is 17.0 Å². The number of ether oxygens (including phenoxy) is 2. The Morgan fingerprint density at radius 3 is 2.55 bits per heavy atom. The predicted octanol–water partition coefficient (Wildman–Crippen LogP) is 3.83. The summed E-state index contributed by atoms with van der Waals surface area (Å²) in [6.07, 6.45) is 1.68. The number of hydrogen-bond acceptors (Lipinski definition) is 6. The van der Waals surface area contributed by atoms with Crippen molar-refractivity contribution in [1.29, 1.82) is 0 Å². The van der Waals surface area contributed by atoms with Crippen LogP contribution in [0.25, 0.3) is 16.8 Å². The largest absolute Gasteiger partial charge is 0.497 e. The van der Waals surface area contributed by atoms with E-state index < -0.39 is 10.0 Å². The van der Waals surface area contributed by atoms with Crippen LogP contribution in [0.2, 0.25) is 0 Å². The summed E-state index contributed by atoms with van der Waals surface area (Å²) in [7, 11) is -0.987. The van der Waals surface area contributed by atoms with Gasteiger partial charge in [-0.3, -0.25) is 4.72 Å². The van der Waals surface area contributed by atoms with Crippen LogP contribution >= 0.6 is 0 Å². The molecule has 1 N–H and O–H groups in total. The normalized spacial score (nSPS) is 11.5. The number of nitrogens with one attached hydrogen (secondary N) is 1. The summed E-state index contributed by atoms with van der Waals surface area (Å²) in [6, 6.07) is 13.6. The van der Waals surface area contributed by atoms with Crippen molar-refractivity contribution in [3.63, 3.8) is 0 Å². The van der Waals surface area contributed by atoms with Crippen LogP contribution in [0.5, 0.6) is 11.5 Å². The van der Waals surface area contributed by atoms with Crippen molar-refractivity contribution in [3.05, 3.63) is 66.1 Å². The van der Waals surface area contributed by atoms with E-state index in [4.69, 9.17) is 9.47 Å². The average Bonchev–Trinajstić information content (AvgIpc) is 3.17. The quantitative estimate of drug-likeness (QED) is 0.492. The number of sulfonamides is 1. The molecule has 0 unspecified atom stereocenters. The van der Waals surface area contributed by atoms with Gasteiger partial charge in [0, 0.05) is 23.0 Å². The Morgan fingerprint density at radius 1 is 1.00 bits per heavy atom. The molecule has 4 aromatic rings. The van der Waals surface area contributed by atoms with Crippen LogP contribution in [0.3, 0.4) is 0 Å². The van der Waals surface area contributed by atoms with Gasteiger partial charge >= 0.3 is 0 Å². The van der Waals surface area contributed by atoms with Gasteiger partial charge in [-0.1, -0.05) is 12.1 Å². The topological polar surface area (TPSA) is 94.8 Å². The number of nitrogens with zero attached hydrogens (tertiary/aromatic N) is 3. The smallest absolute Gasteiger partial charge is 0.265 e. The van der Waals surface area contributed by atoms with Crippen molar-refractivity contribution in [3.8, 4) is 22.6 Å². The molecule has 0 aliphatic rings. The fourth-order valence-corrected chi connectivity index (χ4v) is 4.67. The zero-order chi connectivity index (χ0) is 22.2. The lowest BCUT2D eigenvalue weighted by atomic mass is 10.1. The first-order valence-corrected chi connectivity index (χ1v) is 11.0. The summed E-state index contributed by atoms with van der Waals surface area (Å²) < 4.78 is 41.2. The zero-order valence-electron chi connectivity index (χ0n) is 17.6.